The van der Waals surface area contributed by atoms with Crippen molar-refractivity contribution in [3.63, 3.8) is 0 Å². The van der Waals surface area contributed by atoms with Gasteiger partial charge in [-0.3, -0.25) is 9.78 Å². The fourth-order valence-corrected chi connectivity index (χ4v) is 3.02. The first-order valence-electron chi connectivity index (χ1n) is 8.53. The lowest BCUT2D eigenvalue weighted by Crippen LogP contribution is -2.30. The number of ether oxygens (including phenoxy) is 1. The van der Waals surface area contributed by atoms with Crippen LogP contribution >= 0.6 is 0 Å². The molecule has 132 valence electrons. The summed E-state index contributed by atoms with van der Waals surface area (Å²) in [4.78, 5) is 31.2. The Balaban J connectivity index is 2.04. The van der Waals surface area contributed by atoms with Gasteiger partial charge in [-0.2, -0.15) is 0 Å². The molecule has 0 unspecified atom stereocenters. The summed E-state index contributed by atoms with van der Waals surface area (Å²) in [6, 6.07) is 7.25. The molecule has 25 heavy (non-hydrogen) atoms. The Morgan fingerprint density at radius 1 is 1.24 bits per heavy atom. The van der Waals surface area contributed by atoms with Crippen LogP contribution in [-0.4, -0.2) is 29.0 Å². The van der Waals surface area contributed by atoms with Gasteiger partial charge in [0.15, 0.2) is 0 Å². The molecule has 2 heterocycles. The zero-order valence-corrected chi connectivity index (χ0v) is 15.4. The largest absolute Gasteiger partial charge is 0.456 e. The lowest BCUT2D eigenvalue weighted by atomic mass is 9.92. The fraction of sp³-hybridized carbons (Fsp3) is 0.450. The number of pyridine rings is 1. The normalized spacial score (nSPS) is 17.2. The molecule has 0 saturated carbocycles. The molecular formula is C20H24N2O3. The van der Waals surface area contributed by atoms with Gasteiger partial charge in [0.05, 0.1) is 11.1 Å². The van der Waals surface area contributed by atoms with Crippen molar-refractivity contribution >= 4 is 28.5 Å². The second-order valence-corrected chi connectivity index (χ2v) is 8.15. The number of fused-ring (bicyclic) bond motifs is 1. The topological polar surface area (TPSA) is 59.5 Å². The third-order valence-electron chi connectivity index (χ3n) is 4.44. The minimum absolute atomic E-state index is 0.106. The van der Waals surface area contributed by atoms with E-state index in [1.165, 1.54) is 0 Å². The van der Waals surface area contributed by atoms with Crippen LogP contribution in [-0.2, 0) is 9.53 Å². The van der Waals surface area contributed by atoms with Crippen LogP contribution in [0.2, 0.25) is 0 Å². The average Bonchev–Trinajstić information content (AvgIpc) is 2.78. The van der Waals surface area contributed by atoms with Crippen molar-refractivity contribution in [1.82, 2.24) is 4.98 Å². The molecule has 1 aliphatic rings. The minimum Gasteiger partial charge on any atom is -0.456 e. The van der Waals surface area contributed by atoms with Gasteiger partial charge in [-0.05, 0) is 51.5 Å². The average molecular weight is 340 g/mol. The molecule has 5 heteroatoms. The Kier molecular flexibility index (Phi) is 4.06. The molecule has 0 N–H and O–H groups in total. The van der Waals surface area contributed by atoms with E-state index in [-0.39, 0.29) is 17.3 Å². The molecule has 1 aromatic heterocycles. The summed E-state index contributed by atoms with van der Waals surface area (Å²) >= 11 is 0. The molecule has 0 radical (unpaired) electrons. The van der Waals surface area contributed by atoms with E-state index in [1.54, 1.807) is 17.2 Å². The van der Waals surface area contributed by atoms with Crippen LogP contribution in [0.4, 0.5) is 5.69 Å². The van der Waals surface area contributed by atoms with Gasteiger partial charge in [0.2, 0.25) is 5.91 Å². The minimum atomic E-state index is -0.570. The fourth-order valence-electron chi connectivity index (χ4n) is 3.02. The molecule has 1 fully saturated rings. The van der Waals surface area contributed by atoms with E-state index in [0.29, 0.717) is 23.0 Å². The molecule has 0 bridgehead atoms. The lowest BCUT2D eigenvalue weighted by Gasteiger charge is -2.21. The predicted octanol–water partition coefficient (Wildman–Crippen LogP) is 3.95. The highest BCUT2D eigenvalue weighted by Gasteiger charge is 2.39. The van der Waals surface area contributed by atoms with Gasteiger partial charge in [-0.25, -0.2) is 4.79 Å². The molecule has 1 saturated heterocycles. The van der Waals surface area contributed by atoms with E-state index in [0.717, 1.165) is 12.1 Å². The Hall–Kier alpha value is -2.43. The smallest absolute Gasteiger partial charge is 0.339 e. The number of esters is 1. The van der Waals surface area contributed by atoms with Gasteiger partial charge in [0.25, 0.3) is 0 Å². The summed E-state index contributed by atoms with van der Waals surface area (Å²) < 4.78 is 5.50. The number of rotatable bonds is 2. The van der Waals surface area contributed by atoms with E-state index < -0.39 is 5.60 Å². The number of amides is 1. The molecule has 1 aliphatic heterocycles. The third kappa shape index (κ3) is 3.36. The monoisotopic (exact) mass is 340 g/mol. The molecule has 5 nitrogen and oxygen atoms in total. The number of hydrogen-bond donors (Lipinski definition) is 0. The highest BCUT2D eigenvalue weighted by atomic mass is 16.6. The summed E-state index contributed by atoms with van der Waals surface area (Å²) in [5.41, 5.74) is 1.04. The zero-order chi connectivity index (χ0) is 18.4. The highest BCUT2D eigenvalue weighted by Crippen LogP contribution is 2.35. The zero-order valence-electron chi connectivity index (χ0n) is 15.4. The maximum atomic E-state index is 12.6. The van der Waals surface area contributed by atoms with Crippen molar-refractivity contribution in [2.45, 2.75) is 46.6 Å². The van der Waals surface area contributed by atoms with Crippen molar-refractivity contribution in [2.75, 3.05) is 11.4 Å². The summed E-state index contributed by atoms with van der Waals surface area (Å²) in [7, 11) is 0. The van der Waals surface area contributed by atoms with Crippen molar-refractivity contribution in [2.24, 2.45) is 5.41 Å². The number of benzene rings is 1. The molecular weight excluding hydrogens is 316 g/mol. The first-order chi connectivity index (χ1) is 11.6. The Morgan fingerprint density at radius 3 is 2.56 bits per heavy atom. The van der Waals surface area contributed by atoms with Crippen LogP contribution in [0.3, 0.4) is 0 Å². The molecule has 2 aromatic rings. The Bertz CT molecular complexity index is 850. The molecule has 0 atom stereocenters. The standard InChI is InChI=1S/C20H24N2O3/c1-19(2,3)25-17(23)14-8-10-21-16-7-6-13(12-15(14)16)22-11-9-20(4,5)18(22)24/h6-8,10,12H,9,11H2,1-5H3. The summed E-state index contributed by atoms with van der Waals surface area (Å²) in [6.45, 7) is 10.1. The van der Waals surface area contributed by atoms with Crippen molar-refractivity contribution in [3.05, 3.63) is 36.0 Å². The van der Waals surface area contributed by atoms with Crippen LogP contribution in [0.15, 0.2) is 30.5 Å². The molecule has 0 spiro atoms. The third-order valence-corrected chi connectivity index (χ3v) is 4.44. The van der Waals surface area contributed by atoms with Gasteiger partial charge < -0.3 is 9.64 Å². The van der Waals surface area contributed by atoms with E-state index in [9.17, 15) is 9.59 Å². The van der Waals surface area contributed by atoms with Gasteiger partial charge in [0, 0.05) is 29.2 Å². The van der Waals surface area contributed by atoms with Gasteiger partial charge >= 0.3 is 5.97 Å². The molecule has 0 aliphatic carbocycles. The first-order valence-corrected chi connectivity index (χ1v) is 8.53. The van der Waals surface area contributed by atoms with Crippen LogP contribution in [0, 0.1) is 5.41 Å². The van der Waals surface area contributed by atoms with Crippen LogP contribution in [0.1, 0.15) is 51.4 Å². The number of aromatic nitrogens is 1. The van der Waals surface area contributed by atoms with Crippen LogP contribution < -0.4 is 4.90 Å². The van der Waals surface area contributed by atoms with Crippen LogP contribution in [0.5, 0.6) is 0 Å². The van der Waals surface area contributed by atoms with Crippen molar-refractivity contribution in [1.29, 1.82) is 0 Å². The second-order valence-electron chi connectivity index (χ2n) is 8.15. The quantitative estimate of drug-likeness (QED) is 0.777. The van der Waals surface area contributed by atoms with E-state index >= 15 is 0 Å². The second kappa shape index (κ2) is 5.83. The summed E-state index contributed by atoms with van der Waals surface area (Å²) in [5, 5.41) is 0.701. The number of carbonyl (C=O) groups excluding carboxylic acids is 2. The number of nitrogens with zero attached hydrogens (tertiary/aromatic N) is 2. The SMILES string of the molecule is CC(C)(C)OC(=O)c1ccnc2ccc(N3CCC(C)(C)C3=O)cc12. The maximum absolute atomic E-state index is 12.6. The summed E-state index contributed by atoms with van der Waals surface area (Å²) in [6.07, 6.45) is 2.42. The predicted molar refractivity (Wildman–Crippen MR) is 97.7 cm³/mol. The molecule has 3 rings (SSSR count). The van der Waals surface area contributed by atoms with E-state index in [4.69, 9.17) is 4.74 Å². The van der Waals surface area contributed by atoms with E-state index in [1.807, 2.05) is 52.8 Å². The number of hydrogen-bond acceptors (Lipinski definition) is 4. The Labute approximate surface area is 148 Å². The lowest BCUT2D eigenvalue weighted by molar-refractivity contribution is -0.123. The van der Waals surface area contributed by atoms with Crippen molar-refractivity contribution in [3.8, 4) is 0 Å². The Morgan fingerprint density at radius 2 is 1.96 bits per heavy atom. The highest BCUT2D eigenvalue weighted by molar-refractivity contribution is 6.06. The van der Waals surface area contributed by atoms with E-state index in [2.05, 4.69) is 4.98 Å². The van der Waals surface area contributed by atoms with Gasteiger partial charge in [-0.1, -0.05) is 13.8 Å². The van der Waals surface area contributed by atoms with Gasteiger partial charge in [-0.15, -0.1) is 0 Å². The van der Waals surface area contributed by atoms with Crippen LogP contribution in [0.25, 0.3) is 10.9 Å². The first kappa shape index (κ1) is 17.4. The van der Waals surface area contributed by atoms with Gasteiger partial charge in [0.1, 0.15) is 5.60 Å². The van der Waals surface area contributed by atoms with Crippen molar-refractivity contribution < 1.29 is 14.3 Å². The number of carbonyl (C=O) groups is 2. The molecule has 1 aromatic carbocycles. The summed E-state index contributed by atoms with van der Waals surface area (Å²) in [5.74, 6) is -0.278. The number of anilines is 1. The maximum Gasteiger partial charge on any atom is 0.339 e. The molecule has 1 amide bonds.